The maximum Gasteiger partial charge on any atom is 0.127 e. The van der Waals surface area contributed by atoms with Crippen LogP contribution in [0.3, 0.4) is 0 Å². The van der Waals surface area contributed by atoms with Crippen LogP contribution in [0.15, 0.2) is 71.6 Å². The number of hydrogen-bond donors (Lipinski definition) is 0. The third kappa shape index (κ3) is 5.86. The second-order valence-corrected chi connectivity index (χ2v) is 8.90. The van der Waals surface area contributed by atoms with E-state index in [1.54, 1.807) is 11.8 Å². The number of hydrogen-bond acceptors (Lipinski definition) is 3. The van der Waals surface area contributed by atoms with Gasteiger partial charge < -0.3 is 4.74 Å². The predicted octanol–water partition coefficient (Wildman–Crippen LogP) is 6.64. The number of rotatable bonds is 7. The molecule has 0 saturated carbocycles. The van der Waals surface area contributed by atoms with Crippen molar-refractivity contribution in [2.24, 2.45) is 5.92 Å². The lowest BCUT2D eigenvalue weighted by molar-refractivity contribution is 0.135. The molecule has 0 aliphatic carbocycles. The summed E-state index contributed by atoms with van der Waals surface area (Å²) in [6, 6.07) is 20.5. The average molecular weight is 440 g/mol. The summed E-state index contributed by atoms with van der Waals surface area (Å²) in [6.45, 7) is 2.88. The van der Waals surface area contributed by atoms with Crippen LogP contribution in [0.25, 0.3) is 11.1 Å². The van der Waals surface area contributed by atoms with Crippen LogP contribution >= 0.6 is 11.8 Å². The summed E-state index contributed by atoms with van der Waals surface area (Å²) >= 11 is 1.74. The van der Waals surface area contributed by atoms with E-state index in [2.05, 4.69) is 47.6 Å². The summed E-state index contributed by atoms with van der Waals surface area (Å²) in [5.41, 5.74) is 2.81. The second-order valence-electron chi connectivity index (χ2n) is 8.02. The van der Waals surface area contributed by atoms with Crippen LogP contribution < -0.4 is 4.74 Å². The zero-order valence-corrected chi connectivity index (χ0v) is 18.5. The zero-order valence-electron chi connectivity index (χ0n) is 17.7. The van der Waals surface area contributed by atoms with Gasteiger partial charge in [-0.05, 0) is 91.7 Å². The van der Waals surface area contributed by atoms with Crippen molar-refractivity contribution in [3.63, 3.8) is 0 Å². The maximum atomic E-state index is 13.9. The first kappa shape index (κ1) is 21.8. The Morgan fingerprint density at radius 1 is 0.903 bits per heavy atom. The van der Waals surface area contributed by atoms with Crippen LogP contribution in [0.1, 0.15) is 18.4 Å². The van der Waals surface area contributed by atoms with Gasteiger partial charge in [0.25, 0.3) is 0 Å². The first-order valence-corrected chi connectivity index (χ1v) is 11.9. The summed E-state index contributed by atoms with van der Waals surface area (Å²) in [7, 11) is 0. The number of ether oxygens (including phenoxy) is 1. The van der Waals surface area contributed by atoms with Gasteiger partial charge in [0, 0.05) is 17.0 Å². The van der Waals surface area contributed by atoms with Gasteiger partial charge in [0.05, 0.1) is 6.61 Å². The summed E-state index contributed by atoms with van der Waals surface area (Å²) in [4.78, 5) is 3.45. The SMILES string of the molecule is CSc1ccc(-c2ccc(OCC3CCN(Cc4cc(F)ccc4F)CC3)cc2)cc1. The van der Waals surface area contributed by atoms with Gasteiger partial charge in [-0.3, -0.25) is 4.90 Å². The molecule has 0 spiro atoms. The van der Waals surface area contributed by atoms with Crippen LogP contribution in [0.4, 0.5) is 8.78 Å². The molecule has 0 bridgehead atoms. The van der Waals surface area contributed by atoms with E-state index in [1.165, 1.54) is 28.2 Å². The Balaban J connectivity index is 1.24. The summed E-state index contributed by atoms with van der Waals surface area (Å²) in [6.07, 6.45) is 4.07. The zero-order chi connectivity index (χ0) is 21.6. The Morgan fingerprint density at radius 3 is 2.19 bits per heavy atom. The molecule has 2 nitrogen and oxygen atoms in total. The lowest BCUT2D eigenvalue weighted by Crippen LogP contribution is -2.35. The molecule has 1 fully saturated rings. The number of likely N-dealkylation sites (tertiary alicyclic amines) is 1. The topological polar surface area (TPSA) is 12.5 Å². The van der Waals surface area contributed by atoms with Gasteiger partial charge in [-0.15, -0.1) is 11.8 Å². The molecule has 5 heteroatoms. The highest BCUT2D eigenvalue weighted by molar-refractivity contribution is 7.98. The first-order chi connectivity index (χ1) is 15.1. The molecule has 3 aromatic carbocycles. The van der Waals surface area contributed by atoms with Crippen LogP contribution in [-0.4, -0.2) is 30.9 Å². The largest absolute Gasteiger partial charge is 0.493 e. The van der Waals surface area contributed by atoms with Crippen molar-refractivity contribution in [3.8, 4) is 16.9 Å². The molecule has 0 N–H and O–H groups in total. The molecule has 1 saturated heterocycles. The van der Waals surface area contributed by atoms with Crippen molar-refractivity contribution in [3.05, 3.63) is 83.9 Å². The van der Waals surface area contributed by atoms with Crippen molar-refractivity contribution in [1.29, 1.82) is 0 Å². The van der Waals surface area contributed by atoms with Gasteiger partial charge >= 0.3 is 0 Å². The Labute approximate surface area is 187 Å². The highest BCUT2D eigenvalue weighted by Gasteiger charge is 2.21. The highest BCUT2D eigenvalue weighted by atomic mass is 32.2. The van der Waals surface area contributed by atoms with Crippen molar-refractivity contribution in [2.75, 3.05) is 26.0 Å². The van der Waals surface area contributed by atoms with Crippen LogP contribution in [0, 0.1) is 17.6 Å². The number of halogens is 2. The van der Waals surface area contributed by atoms with E-state index >= 15 is 0 Å². The number of thioether (sulfide) groups is 1. The van der Waals surface area contributed by atoms with Gasteiger partial charge in [0.15, 0.2) is 0 Å². The highest BCUT2D eigenvalue weighted by Crippen LogP contribution is 2.26. The molecule has 0 radical (unpaired) electrons. The Hall–Kier alpha value is -2.37. The molecule has 4 rings (SSSR count). The first-order valence-electron chi connectivity index (χ1n) is 10.6. The van der Waals surface area contributed by atoms with E-state index < -0.39 is 0 Å². The van der Waals surface area contributed by atoms with Crippen LogP contribution in [0.5, 0.6) is 5.75 Å². The molecule has 162 valence electrons. The molecule has 0 amide bonds. The average Bonchev–Trinajstić information content (AvgIpc) is 2.81. The van der Waals surface area contributed by atoms with Crippen molar-refractivity contribution < 1.29 is 13.5 Å². The van der Waals surface area contributed by atoms with E-state index in [1.807, 2.05) is 12.1 Å². The molecule has 0 unspecified atom stereocenters. The molecule has 31 heavy (non-hydrogen) atoms. The number of piperidine rings is 1. The maximum absolute atomic E-state index is 13.9. The van der Waals surface area contributed by atoms with Crippen LogP contribution in [-0.2, 0) is 6.54 Å². The molecule has 0 atom stereocenters. The smallest absolute Gasteiger partial charge is 0.127 e. The lowest BCUT2D eigenvalue weighted by atomic mass is 9.97. The van der Waals surface area contributed by atoms with Crippen molar-refractivity contribution >= 4 is 11.8 Å². The molecule has 0 aromatic heterocycles. The number of benzene rings is 3. The minimum Gasteiger partial charge on any atom is -0.493 e. The fraction of sp³-hybridized carbons (Fsp3) is 0.308. The summed E-state index contributed by atoms with van der Waals surface area (Å²) < 4.78 is 33.3. The lowest BCUT2D eigenvalue weighted by Gasteiger charge is -2.32. The summed E-state index contributed by atoms with van der Waals surface area (Å²) in [5.74, 6) is 0.638. The molecule has 1 aliphatic heterocycles. The third-order valence-corrected chi connectivity index (χ3v) is 6.62. The minimum atomic E-state index is -0.386. The monoisotopic (exact) mass is 439 g/mol. The van der Waals surface area contributed by atoms with Crippen LogP contribution in [0.2, 0.25) is 0 Å². The van der Waals surface area contributed by atoms with E-state index in [4.69, 9.17) is 4.74 Å². The standard InChI is InChI=1S/C26H27F2NOS/c1-31-25-9-4-21(5-10-25)20-2-7-24(8-3-20)30-18-19-12-14-29(15-13-19)17-22-16-23(27)6-11-26(22)28/h2-11,16,19H,12-15,17-18H2,1H3. The normalized spacial score (nSPS) is 15.2. The molecule has 1 heterocycles. The fourth-order valence-corrected chi connectivity index (χ4v) is 4.37. The molecular formula is C26H27F2NOS. The van der Waals surface area contributed by atoms with Gasteiger partial charge in [-0.25, -0.2) is 8.78 Å². The minimum absolute atomic E-state index is 0.338. The molecule has 3 aromatic rings. The predicted molar refractivity (Wildman–Crippen MR) is 124 cm³/mol. The Bertz CT molecular complexity index is 983. The fourth-order valence-electron chi connectivity index (χ4n) is 3.96. The van der Waals surface area contributed by atoms with Gasteiger partial charge in [0.2, 0.25) is 0 Å². The summed E-state index contributed by atoms with van der Waals surface area (Å²) in [5, 5.41) is 0. The number of nitrogens with zero attached hydrogens (tertiary/aromatic N) is 1. The van der Waals surface area contributed by atoms with E-state index in [9.17, 15) is 8.78 Å². The van der Waals surface area contributed by atoms with E-state index in [0.29, 0.717) is 24.6 Å². The van der Waals surface area contributed by atoms with Crippen molar-refractivity contribution in [1.82, 2.24) is 4.90 Å². The third-order valence-electron chi connectivity index (χ3n) is 5.87. The second kappa shape index (κ2) is 10.3. The molecular weight excluding hydrogens is 412 g/mol. The Kier molecular flexibility index (Phi) is 7.25. The van der Waals surface area contributed by atoms with Crippen molar-refractivity contribution in [2.45, 2.75) is 24.3 Å². The van der Waals surface area contributed by atoms with Gasteiger partial charge in [-0.1, -0.05) is 24.3 Å². The van der Waals surface area contributed by atoms with Gasteiger partial charge in [-0.2, -0.15) is 0 Å². The van der Waals surface area contributed by atoms with Gasteiger partial charge in [0.1, 0.15) is 17.4 Å². The Morgan fingerprint density at radius 2 is 1.55 bits per heavy atom. The van der Waals surface area contributed by atoms with E-state index in [0.717, 1.165) is 37.7 Å². The molecule has 1 aliphatic rings. The quantitative estimate of drug-likeness (QED) is 0.383. The van der Waals surface area contributed by atoms with E-state index in [-0.39, 0.29) is 11.6 Å².